The van der Waals surface area contributed by atoms with Crippen LogP contribution in [-0.4, -0.2) is 25.6 Å². The average molecular weight is 426 g/mol. The van der Waals surface area contributed by atoms with E-state index in [2.05, 4.69) is 37.0 Å². The zero-order valence-electron chi connectivity index (χ0n) is 11.1. The van der Waals surface area contributed by atoms with E-state index in [0.717, 1.165) is 0 Å². The number of aliphatic hydroxyl groups is 1. The Bertz CT molecular complexity index is 867. The first-order valence-electron chi connectivity index (χ1n) is 6.31. The Balaban J connectivity index is 2.13. The van der Waals surface area contributed by atoms with Crippen molar-refractivity contribution in [1.29, 1.82) is 0 Å². The van der Waals surface area contributed by atoms with Gasteiger partial charge in [-0.25, -0.2) is 4.52 Å². The molecule has 22 heavy (non-hydrogen) atoms. The zero-order valence-corrected chi connectivity index (χ0v) is 14.3. The maximum absolute atomic E-state index is 12.7. The smallest absolute Gasteiger partial charge is 0.196 e. The first-order valence-corrected chi connectivity index (χ1v) is 7.89. The van der Waals surface area contributed by atoms with Crippen LogP contribution >= 0.6 is 31.9 Å². The van der Waals surface area contributed by atoms with E-state index in [-0.39, 0.29) is 18.1 Å². The summed E-state index contributed by atoms with van der Waals surface area (Å²) in [6.45, 7) is -0.106. The molecule has 0 aliphatic rings. The van der Waals surface area contributed by atoms with Crippen molar-refractivity contribution >= 4 is 43.2 Å². The summed E-state index contributed by atoms with van der Waals surface area (Å²) in [6, 6.07) is 6.58. The third kappa shape index (κ3) is 2.55. The fraction of sp³-hybridized carbons (Fsp3) is 0.0667. The number of halogens is 2. The van der Waals surface area contributed by atoms with Crippen molar-refractivity contribution in [1.82, 2.24) is 9.61 Å². The number of hydrogen-bond donors (Lipinski definition) is 2. The first-order chi connectivity index (χ1) is 10.5. The molecule has 0 unspecified atom stereocenters. The van der Waals surface area contributed by atoms with Gasteiger partial charge in [-0.1, -0.05) is 0 Å². The third-order valence-electron chi connectivity index (χ3n) is 3.29. The summed E-state index contributed by atoms with van der Waals surface area (Å²) in [7, 11) is 0. The van der Waals surface area contributed by atoms with Crippen LogP contribution in [0.25, 0.3) is 5.52 Å². The van der Waals surface area contributed by atoms with Crippen molar-refractivity contribution in [3.8, 4) is 5.75 Å². The molecular formula is C15H10Br2N2O3. The zero-order chi connectivity index (χ0) is 15.9. The summed E-state index contributed by atoms with van der Waals surface area (Å²) in [5.74, 6) is -0.175. The van der Waals surface area contributed by atoms with Crippen LogP contribution in [0.3, 0.4) is 0 Å². The average Bonchev–Trinajstić information content (AvgIpc) is 2.94. The normalized spacial score (nSPS) is 11.0. The standard InChI is InChI=1S/C15H10Br2N2O3/c16-11-4-9(5-12(17)15(11)22)14(21)10-6-18-19-2-1-8(7-20)3-13(10)19/h1-6,20,22H,7H2. The topological polar surface area (TPSA) is 74.8 Å². The molecule has 5 nitrogen and oxygen atoms in total. The molecule has 112 valence electrons. The van der Waals surface area contributed by atoms with E-state index in [1.165, 1.54) is 6.20 Å². The molecule has 2 heterocycles. The number of ketones is 1. The number of carbonyl (C=O) groups is 1. The van der Waals surface area contributed by atoms with E-state index in [9.17, 15) is 15.0 Å². The Morgan fingerprint density at radius 3 is 2.55 bits per heavy atom. The number of phenolic OH excluding ortho intramolecular Hbond substituents is 1. The number of fused-ring (bicyclic) bond motifs is 1. The molecule has 1 aromatic carbocycles. The van der Waals surface area contributed by atoms with Gasteiger partial charge in [0.15, 0.2) is 5.78 Å². The molecule has 0 saturated heterocycles. The number of nitrogens with zero attached hydrogens (tertiary/aromatic N) is 2. The summed E-state index contributed by atoms with van der Waals surface area (Å²) in [4.78, 5) is 12.7. The number of aromatic hydroxyl groups is 1. The van der Waals surface area contributed by atoms with Crippen LogP contribution in [0, 0.1) is 0 Å². The van der Waals surface area contributed by atoms with Crippen LogP contribution in [0.4, 0.5) is 0 Å². The Morgan fingerprint density at radius 2 is 1.91 bits per heavy atom. The van der Waals surface area contributed by atoms with Crippen LogP contribution in [0.15, 0.2) is 45.6 Å². The summed E-state index contributed by atoms with van der Waals surface area (Å²) < 4.78 is 2.44. The van der Waals surface area contributed by atoms with Crippen LogP contribution in [-0.2, 0) is 6.61 Å². The number of benzene rings is 1. The van der Waals surface area contributed by atoms with E-state index < -0.39 is 0 Å². The van der Waals surface area contributed by atoms with E-state index in [0.29, 0.717) is 31.2 Å². The van der Waals surface area contributed by atoms with E-state index in [4.69, 9.17) is 0 Å². The van der Waals surface area contributed by atoms with Gasteiger partial charge in [0.25, 0.3) is 0 Å². The molecule has 0 atom stereocenters. The Morgan fingerprint density at radius 1 is 1.23 bits per heavy atom. The van der Waals surface area contributed by atoms with Gasteiger partial charge in [-0.15, -0.1) is 0 Å². The molecule has 0 spiro atoms. The molecule has 0 fully saturated rings. The summed E-state index contributed by atoms with van der Waals surface area (Å²) in [6.07, 6.45) is 3.19. The molecule has 2 N–H and O–H groups in total. The third-order valence-corrected chi connectivity index (χ3v) is 4.50. The lowest BCUT2D eigenvalue weighted by molar-refractivity contribution is 0.104. The summed E-state index contributed by atoms with van der Waals surface area (Å²) >= 11 is 6.43. The summed E-state index contributed by atoms with van der Waals surface area (Å²) in [5.41, 5.74) is 2.17. The van der Waals surface area contributed by atoms with E-state index >= 15 is 0 Å². The van der Waals surface area contributed by atoms with Crippen molar-refractivity contribution in [3.63, 3.8) is 0 Å². The van der Waals surface area contributed by atoms with E-state index in [1.54, 1.807) is 35.0 Å². The highest BCUT2D eigenvalue weighted by Crippen LogP contribution is 2.34. The molecule has 0 aliphatic carbocycles. The number of rotatable bonds is 3. The molecule has 0 saturated carbocycles. The van der Waals surface area contributed by atoms with Gasteiger partial charge < -0.3 is 10.2 Å². The van der Waals surface area contributed by atoms with E-state index in [1.807, 2.05) is 0 Å². The number of hydrogen-bond acceptors (Lipinski definition) is 4. The quantitative estimate of drug-likeness (QED) is 0.631. The van der Waals surface area contributed by atoms with Gasteiger partial charge in [0.1, 0.15) is 5.75 Å². The molecule has 0 aliphatic heterocycles. The summed E-state index contributed by atoms with van der Waals surface area (Å²) in [5, 5.41) is 23.1. The monoisotopic (exact) mass is 424 g/mol. The lowest BCUT2D eigenvalue weighted by Crippen LogP contribution is -2.02. The van der Waals surface area contributed by atoms with Gasteiger partial charge >= 0.3 is 0 Å². The number of aromatic nitrogens is 2. The molecule has 2 aromatic heterocycles. The Hall–Kier alpha value is -1.70. The van der Waals surface area contributed by atoms with Gasteiger partial charge in [-0.05, 0) is 61.7 Å². The van der Waals surface area contributed by atoms with Crippen LogP contribution in [0.2, 0.25) is 0 Å². The molecule has 7 heteroatoms. The van der Waals surface area contributed by atoms with Crippen LogP contribution < -0.4 is 0 Å². The highest BCUT2D eigenvalue weighted by Gasteiger charge is 2.18. The molecule has 0 radical (unpaired) electrons. The van der Waals surface area contributed by atoms with Crippen molar-refractivity contribution in [3.05, 3.63) is 62.3 Å². The maximum atomic E-state index is 12.7. The van der Waals surface area contributed by atoms with Gasteiger partial charge in [0, 0.05) is 11.8 Å². The van der Waals surface area contributed by atoms with Gasteiger partial charge in [-0.2, -0.15) is 5.10 Å². The minimum atomic E-state index is -0.216. The second-order valence-electron chi connectivity index (χ2n) is 4.70. The number of aliphatic hydroxyl groups excluding tert-OH is 1. The van der Waals surface area contributed by atoms with Crippen molar-refractivity contribution in [2.45, 2.75) is 6.61 Å². The fourth-order valence-corrected chi connectivity index (χ4v) is 3.34. The van der Waals surface area contributed by atoms with Crippen LogP contribution in [0.5, 0.6) is 5.75 Å². The SMILES string of the molecule is O=C(c1cc(Br)c(O)c(Br)c1)c1cnn2ccc(CO)cc12. The lowest BCUT2D eigenvalue weighted by Gasteiger charge is -2.05. The van der Waals surface area contributed by atoms with Gasteiger partial charge in [0.2, 0.25) is 0 Å². The lowest BCUT2D eigenvalue weighted by atomic mass is 10.0. The Kier molecular flexibility index (Phi) is 4.03. The molecular weight excluding hydrogens is 416 g/mol. The van der Waals surface area contributed by atoms with Crippen molar-refractivity contribution in [2.75, 3.05) is 0 Å². The predicted molar refractivity (Wildman–Crippen MR) is 88.1 cm³/mol. The first kappa shape index (κ1) is 15.2. The van der Waals surface area contributed by atoms with Crippen molar-refractivity contribution < 1.29 is 15.0 Å². The number of phenols is 1. The highest BCUT2D eigenvalue weighted by molar-refractivity contribution is 9.11. The largest absolute Gasteiger partial charge is 0.506 e. The predicted octanol–water partition coefficient (Wildman–Crippen LogP) is 3.29. The second-order valence-corrected chi connectivity index (χ2v) is 6.41. The fourth-order valence-electron chi connectivity index (χ4n) is 2.15. The highest BCUT2D eigenvalue weighted by atomic mass is 79.9. The minimum Gasteiger partial charge on any atom is -0.506 e. The number of pyridine rings is 1. The van der Waals surface area contributed by atoms with Crippen LogP contribution in [0.1, 0.15) is 21.5 Å². The maximum Gasteiger partial charge on any atom is 0.196 e. The van der Waals surface area contributed by atoms with Gasteiger partial charge in [-0.3, -0.25) is 4.79 Å². The second kappa shape index (κ2) is 5.83. The number of carbonyl (C=O) groups excluding carboxylic acids is 1. The molecule has 0 amide bonds. The van der Waals surface area contributed by atoms with Gasteiger partial charge in [0.05, 0.1) is 32.8 Å². The minimum absolute atomic E-state index is 0.0407. The Labute approximate surface area is 142 Å². The molecule has 3 rings (SSSR count). The molecule has 0 bridgehead atoms. The molecule has 3 aromatic rings. The van der Waals surface area contributed by atoms with Crippen molar-refractivity contribution in [2.24, 2.45) is 0 Å².